The van der Waals surface area contributed by atoms with Crippen molar-refractivity contribution in [3.63, 3.8) is 0 Å². The van der Waals surface area contributed by atoms with Gasteiger partial charge in [0.15, 0.2) is 5.70 Å². The summed E-state index contributed by atoms with van der Waals surface area (Å²) >= 11 is 0. The fourth-order valence-electron chi connectivity index (χ4n) is 2.50. The van der Waals surface area contributed by atoms with Gasteiger partial charge >= 0.3 is 0 Å². The van der Waals surface area contributed by atoms with Gasteiger partial charge in [-0.3, -0.25) is 9.63 Å². The Morgan fingerprint density at radius 1 is 1.31 bits per heavy atom. The molecule has 0 aromatic heterocycles. The van der Waals surface area contributed by atoms with Crippen LogP contribution in [0.4, 0.5) is 4.48 Å². The number of hydrogen-bond acceptors (Lipinski definition) is 8. The minimum Gasteiger partial charge on any atom is -0.383 e. The summed E-state index contributed by atoms with van der Waals surface area (Å²) in [6.45, 7) is 0.479. The molecule has 26 heavy (non-hydrogen) atoms. The van der Waals surface area contributed by atoms with Crippen LogP contribution in [0.25, 0.3) is 0 Å². The van der Waals surface area contributed by atoms with Crippen LogP contribution in [-0.2, 0) is 4.84 Å². The van der Waals surface area contributed by atoms with Crippen LogP contribution in [0.1, 0.15) is 15.9 Å². The molecule has 0 saturated heterocycles. The van der Waals surface area contributed by atoms with Gasteiger partial charge in [-0.15, -0.1) is 10.2 Å². The van der Waals surface area contributed by atoms with Crippen molar-refractivity contribution in [2.45, 2.75) is 0 Å². The van der Waals surface area contributed by atoms with Gasteiger partial charge in [0.2, 0.25) is 5.84 Å². The molecular formula is C16H20FN7O2. The maximum Gasteiger partial charge on any atom is 0.253 e. The van der Waals surface area contributed by atoms with E-state index in [-0.39, 0.29) is 17.1 Å². The Morgan fingerprint density at radius 3 is 2.54 bits per heavy atom. The molecule has 2 N–H and O–H groups in total. The molecule has 0 saturated carbocycles. The normalized spacial score (nSPS) is 16.7. The van der Waals surface area contributed by atoms with Crippen molar-refractivity contribution in [1.82, 2.24) is 20.3 Å². The van der Waals surface area contributed by atoms with Gasteiger partial charge in [0.25, 0.3) is 5.91 Å². The number of carbonyl (C=O) groups excluding carboxylic acids is 1. The fourth-order valence-corrected chi connectivity index (χ4v) is 2.50. The maximum absolute atomic E-state index is 13.4. The van der Waals surface area contributed by atoms with E-state index in [0.29, 0.717) is 23.6 Å². The number of nitrogens with zero attached hydrogens (tertiary/aromatic N) is 6. The summed E-state index contributed by atoms with van der Waals surface area (Å²) in [6, 6.07) is 7.14. The Kier molecular flexibility index (Phi) is 4.62. The van der Waals surface area contributed by atoms with E-state index in [4.69, 9.17) is 5.73 Å². The Balaban J connectivity index is 1.86. The van der Waals surface area contributed by atoms with Crippen LogP contribution in [0.3, 0.4) is 0 Å². The van der Waals surface area contributed by atoms with Gasteiger partial charge in [0.05, 0.1) is 19.4 Å². The molecule has 1 aromatic rings. The van der Waals surface area contributed by atoms with E-state index in [1.165, 1.54) is 12.0 Å². The number of hydrogen-bond donors (Lipinski definition) is 1. The van der Waals surface area contributed by atoms with Crippen molar-refractivity contribution in [2.75, 3.05) is 34.8 Å². The van der Waals surface area contributed by atoms with Gasteiger partial charge in [0.1, 0.15) is 11.2 Å². The Labute approximate surface area is 150 Å². The zero-order valence-corrected chi connectivity index (χ0v) is 15.0. The van der Waals surface area contributed by atoms with Crippen molar-refractivity contribution in [3.8, 4) is 0 Å². The Bertz CT molecular complexity index is 816. The summed E-state index contributed by atoms with van der Waals surface area (Å²) in [7, 11) is 6.39. The minimum atomic E-state index is -0.0744. The fraction of sp³-hybridized carbons (Fsp3) is 0.312. The molecule has 0 atom stereocenters. The highest BCUT2D eigenvalue weighted by molar-refractivity contribution is 6.11. The molecule has 2 aliphatic heterocycles. The molecule has 1 aromatic carbocycles. The molecule has 0 spiro atoms. The van der Waals surface area contributed by atoms with Crippen molar-refractivity contribution in [1.29, 1.82) is 0 Å². The van der Waals surface area contributed by atoms with E-state index in [1.54, 1.807) is 31.1 Å². The molecule has 10 heteroatoms. The standard InChI is InChI=1S/C16H20FN7O2/c1-21(2)16(25)11-7-5-10(6-8-11)12-9-22(3)14(18)13(19-12)15-20-23(15)24(17)26-4/h5-8H,9,18H2,1-4H3. The largest absolute Gasteiger partial charge is 0.383 e. The van der Waals surface area contributed by atoms with Crippen LogP contribution in [0.5, 0.6) is 0 Å². The molecule has 138 valence electrons. The first kappa shape index (κ1) is 17.8. The monoisotopic (exact) mass is 361 g/mol. The third-order valence-electron chi connectivity index (χ3n) is 4.01. The van der Waals surface area contributed by atoms with E-state index in [0.717, 1.165) is 16.4 Å². The quantitative estimate of drug-likeness (QED) is 0.608. The topological polar surface area (TPSA) is 89.8 Å². The SMILES string of the molecule is CON(F)N1N=C1C1=C(N)N(C)CC(c2ccc(C(=O)N(C)C)cc2)=N1. The first-order valence-electron chi connectivity index (χ1n) is 7.83. The predicted molar refractivity (Wildman–Crippen MR) is 94.1 cm³/mol. The van der Waals surface area contributed by atoms with Crippen LogP contribution < -0.4 is 5.73 Å². The molecule has 0 fully saturated rings. The summed E-state index contributed by atoms with van der Waals surface area (Å²) in [5, 5.41) is 4.78. The average molecular weight is 361 g/mol. The van der Waals surface area contributed by atoms with E-state index >= 15 is 0 Å². The number of amidine groups is 1. The second-order valence-corrected chi connectivity index (χ2v) is 6.05. The summed E-state index contributed by atoms with van der Waals surface area (Å²) in [5.74, 6) is 0.587. The summed E-state index contributed by atoms with van der Waals surface area (Å²) in [6.07, 6.45) is 0. The van der Waals surface area contributed by atoms with Gasteiger partial charge in [-0.2, -0.15) is 0 Å². The lowest BCUT2D eigenvalue weighted by Crippen LogP contribution is -2.36. The van der Waals surface area contributed by atoms with Crippen LogP contribution in [0, 0.1) is 0 Å². The first-order chi connectivity index (χ1) is 12.3. The number of likely N-dealkylation sites (N-methyl/N-ethyl adjacent to an activating group) is 1. The Hall–Kier alpha value is -2.98. The number of hydrazone groups is 1. The summed E-state index contributed by atoms with van der Waals surface area (Å²) in [4.78, 5) is 24.3. The lowest BCUT2D eigenvalue weighted by atomic mass is 10.1. The number of carbonyl (C=O) groups is 1. The number of nitrogens with two attached hydrogens (primary N) is 1. The highest BCUT2D eigenvalue weighted by Crippen LogP contribution is 2.27. The number of benzene rings is 1. The van der Waals surface area contributed by atoms with Crippen molar-refractivity contribution in [2.24, 2.45) is 15.8 Å². The third-order valence-corrected chi connectivity index (χ3v) is 4.01. The molecule has 0 bridgehead atoms. The maximum atomic E-state index is 13.4. The van der Waals surface area contributed by atoms with Crippen molar-refractivity contribution >= 4 is 17.5 Å². The van der Waals surface area contributed by atoms with Crippen molar-refractivity contribution < 1.29 is 14.1 Å². The zero-order valence-electron chi connectivity index (χ0n) is 15.0. The van der Waals surface area contributed by atoms with Gasteiger partial charge in [-0.25, -0.2) is 4.99 Å². The molecule has 9 nitrogen and oxygen atoms in total. The molecule has 3 rings (SSSR count). The third kappa shape index (κ3) is 3.24. The average Bonchev–Trinajstić information content (AvgIpc) is 3.43. The lowest BCUT2D eigenvalue weighted by Gasteiger charge is -2.26. The van der Waals surface area contributed by atoms with Gasteiger partial charge in [0, 0.05) is 26.7 Å². The second-order valence-electron chi connectivity index (χ2n) is 6.05. The van der Waals surface area contributed by atoms with Crippen LogP contribution in [0.15, 0.2) is 45.9 Å². The number of amides is 1. The van der Waals surface area contributed by atoms with Gasteiger partial charge in [-0.05, 0) is 17.7 Å². The molecule has 2 aliphatic rings. The van der Waals surface area contributed by atoms with E-state index in [1.807, 2.05) is 19.2 Å². The number of aliphatic imine (C=N–C) groups is 1. The summed E-state index contributed by atoms with van der Waals surface area (Å²) < 4.78 is 13.4. The highest BCUT2D eigenvalue weighted by Gasteiger charge is 2.38. The van der Waals surface area contributed by atoms with E-state index in [2.05, 4.69) is 14.9 Å². The molecule has 1 amide bonds. The number of rotatable bonds is 5. The Morgan fingerprint density at radius 2 is 1.96 bits per heavy atom. The summed E-state index contributed by atoms with van der Waals surface area (Å²) in [5.41, 5.74) is 8.59. The zero-order chi connectivity index (χ0) is 19.0. The van der Waals surface area contributed by atoms with Crippen LogP contribution in [-0.4, -0.2) is 72.6 Å². The molecule has 0 aliphatic carbocycles. The molecule has 0 unspecified atom stereocenters. The number of hydrazine groups is 1. The lowest BCUT2D eigenvalue weighted by molar-refractivity contribution is -0.341. The van der Waals surface area contributed by atoms with E-state index in [9.17, 15) is 9.28 Å². The van der Waals surface area contributed by atoms with Crippen LogP contribution >= 0.6 is 0 Å². The first-order valence-corrected chi connectivity index (χ1v) is 7.83. The predicted octanol–water partition coefficient (Wildman–Crippen LogP) is 0.543. The second kappa shape index (κ2) is 6.73. The molecular weight excluding hydrogens is 341 g/mol. The smallest absolute Gasteiger partial charge is 0.253 e. The highest BCUT2D eigenvalue weighted by atomic mass is 19.2. The van der Waals surface area contributed by atoms with Crippen LogP contribution in [0.2, 0.25) is 0 Å². The van der Waals surface area contributed by atoms with Crippen molar-refractivity contribution in [3.05, 3.63) is 46.9 Å². The minimum absolute atomic E-state index is 0.0128. The molecule has 0 radical (unpaired) electrons. The van der Waals surface area contributed by atoms with Gasteiger partial charge < -0.3 is 15.5 Å². The van der Waals surface area contributed by atoms with E-state index < -0.39 is 0 Å². The van der Waals surface area contributed by atoms with Gasteiger partial charge in [-0.1, -0.05) is 16.6 Å². The molecule has 2 heterocycles. The number of halogens is 1.